The average Bonchev–Trinajstić information content (AvgIpc) is 2.35. The van der Waals surface area contributed by atoms with Gasteiger partial charge in [-0.2, -0.15) is 0 Å². The third-order valence-electron chi connectivity index (χ3n) is 3.30. The lowest BCUT2D eigenvalue weighted by molar-refractivity contribution is 0.0968. The van der Waals surface area contributed by atoms with Crippen LogP contribution in [0.3, 0.4) is 0 Å². The number of methoxy groups -OCH3 is 1. The Bertz CT molecular complexity index is 334. The van der Waals surface area contributed by atoms with Gasteiger partial charge < -0.3 is 4.74 Å². The number of nitrogens with zero attached hydrogens (tertiary/aromatic N) is 2. The topological polar surface area (TPSA) is 25.4 Å². The smallest absolute Gasteiger partial charge is 0.129 e. The molecule has 0 radical (unpaired) electrons. The van der Waals surface area contributed by atoms with Gasteiger partial charge in [-0.1, -0.05) is 17.7 Å². The van der Waals surface area contributed by atoms with Crippen LogP contribution in [0.25, 0.3) is 0 Å². The first-order chi connectivity index (χ1) is 8.28. The minimum Gasteiger partial charge on any atom is -0.384 e. The van der Waals surface area contributed by atoms with Crippen molar-refractivity contribution < 1.29 is 4.74 Å². The summed E-state index contributed by atoms with van der Waals surface area (Å²) >= 11 is 5.77. The zero-order chi connectivity index (χ0) is 12.1. The van der Waals surface area contributed by atoms with Crippen molar-refractivity contribution in [2.45, 2.75) is 19.4 Å². The highest BCUT2D eigenvalue weighted by Crippen LogP contribution is 2.19. The Morgan fingerprint density at radius 2 is 2.18 bits per heavy atom. The first kappa shape index (κ1) is 12.8. The standard InChI is InChI=1S/C13H19ClN2O/c1-17-10-11-4-6-16(7-5-11)9-12-2-3-13(14)15-8-12/h2-3,8,11H,4-7,9-10H2,1H3. The van der Waals surface area contributed by atoms with E-state index in [0.29, 0.717) is 5.15 Å². The van der Waals surface area contributed by atoms with E-state index in [4.69, 9.17) is 16.3 Å². The van der Waals surface area contributed by atoms with Gasteiger partial charge in [0, 0.05) is 26.5 Å². The fraction of sp³-hybridized carbons (Fsp3) is 0.615. The molecule has 0 aromatic carbocycles. The summed E-state index contributed by atoms with van der Waals surface area (Å²) in [6.45, 7) is 4.17. The van der Waals surface area contributed by atoms with Crippen LogP contribution in [0.15, 0.2) is 18.3 Å². The van der Waals surface area contributed by atoms with E-state index in [1.54, 1.807) is 7.11 Å². The predicted octanol–water partition coefficient (Wildman–Crippen LogP) is 2.59. The Morgan fingerprint density at radius 3 is 2.76 bits per heavy atom. The molecule has 0 N–H and O–H groups in total. The minimum atomic E-state index is 0.563. The molecule has 17 heavy (non-hydrogen) atoms. The molecule has 1 saturated heterocycles. The van der Waals surface area contributed by atoms with Crippen molar-refractivity contribution in [1.82, 2.24) is 9.88 Å². The molecule has 1 aromatic heterocycles. The monoisotopic (exact) mass is 254 g/mol. The number of aromatic nitrogens is 1. The maximum Gasteiger partial charge on any atom is 0.129 e. The van der Waals surface area contributed by atoms with Gasteiger partial charge in [-0.15, -0.1) is 0 Å². The zero-order valence-electron chi connectivity index (χ0n) is 10.2. The number of hydrogen-bond donors (Lipinski definition) is 0. The molecular weight excluding hydrogens is 236 g/mol. The van der Waals surface area contributed by atoms with Gasteiger partial charge in [-0.05, 0) is 43.5 Å². The molecule has 4 heteroatoms. The Kier molecular flexibility index (Phi) is 4.77. The Balaban J connectivity index is 1.79. The molecule has 0 saturated carbocycles. The lowest BCUT2D eigenvalue weighted by atomic mass is 9.97. The van der Waals surface area contributed by atoms with Gasteiger partial charge >= 0.3 is 0 Å². The quantitative estimate of drug-likeness (QED) is 0.773. The van der Waals surface area contributed by atoms with E-state index in [1.807, 2.05) is 12.3 Å². The van der Waals surface area contributed by atoms with Crippen molar-refractivity contribution in [3.63, 3.8) is 0 Å². The van der Waals surface area contributed by atoms with Gasteiger partial charge in [0.25, 0.3) is 0 Å². The first-order valence-corrected chi connectivity index (χ1v) is 6.47. The average molecular weight is 255 g/mol. The number of piperidine rings is 1. The molecule has 1 aliphatic rings. The highest BCUT2D eigenvalue weighted by atomic mass is 35.5. The summed E-state index contributed by atoms with van der Waals surface area (Å²) in [5.74, 6) is 0.736. The second-order valence-electron chi connectivity index (χ2n) is 4.66. The summed E-state index contributed by atoms with van der Waals surface area (Å²) < 4.78 is 5.20. The molecule has 0 bridgehead atoms. The number of rotatable bonds is 4. The molecule has 94 valence electrons. The molecule has 0 atom stereocenters. The lowest BCUT2D eigenvalue weighted by Crippen LogP contribution is -2.34. The molecule has 1 aromatic rings. The molecule has 3 nitrogen and oxygen atoms in total. The van der Waals surface area contributed by atoms with Crippen LogP contribution in [0.1, 0.15) is 18.4 Å². The minimum absolute atomic E-state index is 0.563. The van der Waals surface area contributed by atoms with Gasteiger partial charge in [0.15, 0.2) is 0 Å². The predicted molar refractivity (Wildman–Crippen MR) is 69.1 cm³/mol. The van der Waals surface area contributed by atoms with Crippen LogP contribution < -0.4 is 0 Å². The lowest BCUT2D eigenvalue weighted by Gasteiger charge is -2.31. The molecule has 0 spiro atoms. The third kappa shape index (κ3) is 3.95. The molecule has 0 unspecified atom stereocenters. The molecular formula is C13H19ClN2O. The van der Waals surface area contributed by atoms with Crippen molar-refractivity contribution in [2.24, 2.45) is 5.92 Å². The van der Waals surface area contributed by atoms with Gasteiger partial charge in [0.2, 0.25) is 0 Å². The van der Waals surface area contributed by atoms with Crippen LogP contribution in [0.5, 0.6) is 0 Å². The Morgan fingerprint density at radius 1 is 1.41 bits per heavy atom. The van der Waals surface area contributed by atoms with Crippen LogP contribution in [0.4, 0.5) is 0 Å². The number of pyridine rings is 1. The highest BCUT2D eigenvalue weighted by Gasteiger charge is 2.18. The maximum atomic E-state index is 5.77. The van der Waals surface area contributed by atoms with Gasteiger partial charge in [-0.3, -0.25) is 4.90 Å². The van der Waals surface area contributed by atoms with Crippen molar-refractivity contribution in [2.75, 3.05) is 26.8 Å². The highest BCUT2D eigenvalue weighted by molar-refractivity contribution is 6.29. The van der Waals surface area contributed by atoms with Crippen molar-refractivity contribution in [3.8, 4) is 0 Å². The molecule has 1 aliphatic heterocycles. The summed E-state index contributed by atoms with van der Waals surface area (Å²) in [5.41, 5.74) is 1.24. The van der Waals surface area contributed by atoms with Gasteiger partial charge in [0.1, 0.15) is 5.15 Å². The number of likely N-dealkylation sites (tertiary alicyclic amines) is 1. The van der Waals surface area contributed by atoms with Crippen LogP contribution in [0, 0.1) is 5.92 Å². The van der Waals surface area contributed by atoms with Crippen molar-refractivity contribution >= 4 is 11.6 Å². The SMILES string of the molecule is COCC1CCN(Cc2ccc(Cl)nc2)CC1. The van der Waals surface area contributed by atoms with Crippen molar-refractivity contribution in [3.05, 3.63) is 29.0 Å². The van der Waals surface area contributed by atoms with Crippen molar-refractivity contribution in [1.29, 1.82) is 0 Å². The van der Waals surface area contributed by atoms with E-state index in [1.165, 1.54) is 18.4 Å². The fourth-order valence-electron chi connectivity index (χ4n) is 2.31. The molecule has 0 aliphatic carbocycles. The number of halogens is 1. The summed E-state index contributed by atoms with van der Waals surface area (Å²) in [6.07, 6.45) is 4.33. The van der Waals surface area contributed by atoms with Crippen LogP contribution in [-0.4, -0.2) is 36.7 Å². The van der Waals surface area contributed by atoms with Crippen LogP contribution in [0.2, 0.25) is 5.15 Å². The van der Waals surface area contributed by atoms with Crippen LogP contribution >= 0.6 is 11.6 Å². The Labute approximate surface area is 108 Å². The first-order valence-electron chi connectivity index (χ1n) is 6.09. The van der Waals surface area contributed by atoms with E-state index < -0.39 is 0 Å². The van der Waals surface area contributed by atoms with E-state index in [-0.39, 0.29) is 0 Å². The summed E-state index contributed by atoms with van der Waals surface area (Å²) in [6, 6.07) is 3.91. The third-order valence-corrected chi connectivity index (χ3v) is 3.53. The summed E-state index contributed by atoms with van der Waals surface area (Å²) in [4.78, 5) is 6.58. The maximum absolute atomic E-state index is 5.77. The fourth-order valence-corrected chi connectivity index (χ4v) is 2.42. The number of ether oxygens (including phenoxy) is 1. The molecule has 1 fully saturated rings. The Hall–Kier alpha value is -0.640. The van der Waals surface area contributed by atoms with E-state index in [0.717, 1.165) is 32.2 Å². The van der Waals surface area contributed by atoms with Gasteiger partial charge in [0.05, 0.1) is 0 Å². The second kappa shape index (κ2) is 6.34. The van der Waals surface area contributed by atoms with E-state index in [2.05, 4.69) is 16.0 Å². The molecule has 0 amide bonds. The van der Waals surface area contributed by atoms with E-state index in [9.17, 15) is 0 Å². The summed E-state index contributed by atoms with van der Waals surface area (Å²) in [7, 11) is 1.78. The summed E-state index contributed by atoms with van der Waals surface area (Å²) in [5, 5.41) is 0.563. The van der Waals surface area contributed by atoms with Crippen LogP contribution in [-0.2, 0) is 11.3 Å². The second-order valence-corrected chi connectivity index (χ2v) is 5.05. The van der Waals surface area contributed by atoms with Gasteiger partial charge in [-0.25, -0.2) is 4.98 Å². The molecule has 2 rings (SSSR count). The van der Waals surface area contributed by atoms with E-state index >= 15 is 0 Å². The zero-order valence-corrected chi connectivity index (χ0v) is 11.0. The number of hydrogen-bond acceptors (Lipinski definition) is 3. The molecule has 2 heterocycles. The normalized spacial score (nSPS) is 18.5. The largest absolute Gasteiger partial charge is 0.384 e.